The van der Waals surface area contributed by atoms with E-state index in [0.29, 0.717) is 12.1 Å². The van der Waals surface area contributed by atoms with Crippen LogP contribution >= 0.6 is 0 Å². The summed E-state index contributed by atoms with van der Waals surface area (Å²) in [5.41, 5.74) is 2.66. The molecule has 1 saturated heterocycles. The maximum atomic E-state index is 12.6. The number of ketones is 1. The Balaban J connectivity index is 1.33. The van der Waals surface area contributed by atoms with Crippen LogP contribution in [0.5, 0.6) is 0 Å². The van der Waals surface area contributed by atoms with Gasteiger partial charge in [-0.3, -0.25) is 24.7 Å². The lowest BCUT2D eigenvalue weighted by Crippen LogP contribution is -2.48. The molecule has 1 aliphatic heterocycles. The number of esters is 1. The van der Waals surface area contributed by atoms with E-state index >= 15 is 0 Å². The van der Waals surface area contributed by atoms with Crippen LogP contribution in [-0.2, 0) is 14.3 Å². The van der Waals surface area contributed by atoms with Gasteiger partial charge in [0.1, 0.15) is 12.2 Å². The van der Waals surface area contributed by atoms with Gasteiger partial charge in [-0.25, -0.2) is 4.79 Å². The first kappa shape index (κ1) is 26.9. The topological polar surface area (TPSA) is 93.0 Å². The van der Waals surface area contributed by atoms with Gasteiger partial charge < -0.3 is 4.74 Å². The second kappa shape index (κ2) is 12.9. The number of Topliss-reactive ketones (excluding diaryl/α,β-unsaturated/α-hetero) is 1. The minimum atomic E-state index is -0.726. The second-order valence-electron chi connectivity index (χ2n) is 9.20. The van der Waals surface area contributed by atoms with E-state index in [0.717, 1.165) is 26.2 Å². The van der Waals surface area contributed by atoms with Crippen LogP contribution in [0, 0.1) is 10.1 Å². The normalized spacial score (nSPS) is 14.8. The number of hydrogen-bond acceptors (Lipinski definition) is 7. The van der Waals surface area contributed by atoms with Crippen molar-refractivity contribution in [3.63, 3.8) is 0 Å². The lowest BCUT2D eigenvalue weighted by Gasteiger charge is -2.39. The molecule has 0 aliphatic carbocycles. The van der Waals surface area contributed by atoms with E-state index in [1.807, 2.05) is 12.1 Å². The summed E-state index contributed by atoms with van der Waals surface area (Å²) >= 11 is 0. The molecule has 38 heavy (non-hydrogen) atoms. The molecule has 0 spiro atoms. The number of ether oxygens (including phenoxy) is 1. The van der Waals surface area contributed by atoms with Crippen molar-refractivity contribution in [1.29, 1.82) is 0 Å². The van der Waals surface area contributed by atoms with Crippen molar-refractivity contribution in [2.45, 2.75) is 13.0 Å². The molecule has 3 aromatic rings. The van der Waals surface area contributed by atoms with Crippen molar-refractivity contribution in [2.75, 3.05) is 39.3 Å². The number of nitro groups is 1. The molecule has 1 aliphatic rings. The summed E-state index contributed by atoms with van der Waals surface area (Å²) in [4.78, 5) is 39.9. The molecule has 0 saturated carbocycles. The Morgan fingerprint density at radius 3 is 2.08 bits per heavy atom. The van der Waals surface area contributed by atoms with Crippen LogP contribution in [0.25, 0.3) is 6.08 Å². The van der Waals surface area contributed by atoms with Gasteiger partial charge in [0.05, 0.1) is 11.0 Å². The standard InChI is InChI=1S/C30H31N3O5/c1-23(34)28(22-24-9-8-14-27(21-24)33(36)37)30(35)38-20-19-31-15-17-32(18-16-31)29(25-10-4-2-5-11-25)26-12-6-3-7-13-26/h2-14,21-22,29H,15-20H2,1H3. The van der Waals surface area contributed by atoms with Crippen molar-refractivity contribution >= 4 is 23.5 Å². The molecule has 1 heterocycles. The van der Waals surface area contributed by atoms with Crippen molar-refractivity contribution < 1.29 is 19.2 Å². The van der Waals surface area contributed by atoms with Gasteiger partial charge in [0.15, 0.2) is 5.78 Å². The summed E-state index contributed by atoms with van der Waals surface area (Å²) in [5, 5.41) is 11.0. The lowest BCUT2D eigenvalue weighted by molar-refractivity contribution is -0.384. The van der Waals surface area contributed by atoms with Crippen molar-refractivity contribution in [1.82, 2.24) is 9.80 Å². The van der Waals surface area contributed by atoms with Gasteiger partial charge >= 0.3 is 5.97 Å². The van der Waals surface area contributed by atoms with Gasteiger partial charge in [-0.1, -0.05) is 72.8 Å². The van der Waals surface area contributed by atoms with Gasteiger partial charge in [0.2, 0.25) is 0 Å². The number of carbonyl (C=O) groups is 2. The molecular formula is C30H31N3O5. The number of nitrogens with zero attached hydrogens (tertiary/aromatic N) is 3. The molecular weight excluding hydrogens is 482 g/mol. The molecule has 4 rings (SSSR count). The minimum absolute atomic E-state index is 0.115. The van der Waals surface area contributed by atoms with Crippen LogP contribution < -0.4 is 0 Å². The van der Waals surface area contributed by atoms with Crippen LogP contribution in [0.3, 0.4) is 0 Å². The molecule has 8 heteroatoms. The molecule has 0 bridgehead atoms. The molecule has 8 nitrogen and oxygen atoms in total. The summed E-state index contributed by atoms with van der Waals surface area (Å²) in [6.07, 6.45) is 1.34. The first-order valence-corrected chi connectivity index (χ1v) is 12.6. The zero-order valence-electron chi connectivity index (χ0n) is 21.4. The SMILES string of the molecule is CC(=O)C(=Cc1cccc([N+](=O)[O-])c1)C(=O)OCCN1CCN(C(c2ccccc2)c2ccccc2)CC1. The van der Waals surface area contributed by atoms with Gasteiger partial charge in [-0.2, -0.15) is 0 Å². The number of non-ortho nitro benzene ring substituents is 1. The fourth-order valence-corrected chi connectivity index (χ4v) is 4.67. The summed E-state index contributed by atoms with van der Waals surface area (Å²) in [5.74, 6) is -1.18. The van der Waals surface area contributed by atoms with E-state index in [9.17, 15) is 19.7 Å². The highest BCUT2D eigenvalue weighted by atomic mass is 16.6. The zero-order chi connectivity index (χ0) is 26.9. The van der Waals surface area contributed by atoms with Crippen LogP contribution in [0.2, 0.25) is 0 Å². The van der Waals surface area contributed by atoms with Crippen LogP contribution in [-0.4, -0.2) is 65.8 Å². The van der Waals surface area contributed by atoms with E-state index < -0.39 is 16.7 Å². The quantitative estimate of drug-likeness (QED) is 0.0983. The Morgan fingerprint density at radius 1 is 0.921 bits per heavy atom. The number of nitro benzene ring substituents is 1. The van der Waals surface area contributed by atoms with E-state index in [1.165, 1.54) is 42.3 Å². The first-order valence-electron chi connectivity index (χ1n) is 12.6. The molecule has 0 radical (unpaired) electrons. The number of carbonyl (C=O) groups excluding carboxylic acids is 2. The Hall–Kier alpha value is -4.14. The Morgan fingerprint density at radius 2 is 1.53 bits per heavy atom. The summed E-state index contributed by atoms with van der Waals surface area (Å²) in [7, 11) is 0. The van der Waals surface area contributed by atoms with Crippen LogP contribution in [0.4, 0.5) is 5.69 Å². The van der Waals surface area contributed by atoms with E-state index in [1.54, 1.807) is 6.07 Å². The Labute approximate surface area is 222 Å². The molecule has 3 aromatic carbocycles. The van der Waals surface area contributed by atoms with Crippen molar-refractivity contribution in [3.05, 3.63) is 117 Å². The molecule has 0 amide bonds. The summed E-state index contributed by atoms with van der Waals surface area (Å²) < 4.78 is 5.41. The fraction of sp³-hybridized carbons (Fsp3) is 0.267. The third kappa shape index (κ3) is 7.00. The third-order valence-corrected chi connectivity index (χ3v) is 6.63. The molecule has 196 valence electrons. The van der Waals surface area contributed by atoms with Gasteiger partial charge in [0.25, 0.3) is 5.69 Å². The van der Waals surface area contributed by atoms with Gasteiger partial charge in [-0.05, 0) is 29.7 Å². The predicted octanol–water partition coefficient (Wildman–Crippen LogP) is 4.52. The first-order chi connectivity index (χ1) is 18.4. The average Bonchev–Trinajstić information content (AvgIpc) is 2.94. The summed E-state index contributed by atoms with van der Waals surface area (Å²) in [6.45, 7) is 5.39. The largest absolute Gasteiger partial charge is 0.461 e. The van der Waals surface area contributed by atoms with Gasteiger partial charge in [0, 0.05) is 44.9 Å². The van der Waals surface area contributed by atoms with Crippen molar-refractivity contribution in [2.24, 2.45) is 0 Å². The predicted molar refractivity (Wildman–Crippen MR) is 145 cm³/mol. The number of piperazine rings is 1. The minimum Gasteiger partial charge on any atom is -0.461 e. The van der Waals surface area contributed by atoms with E-state index in [4.69, 9.17) is 4.74 Å². The number of benzene rings is 3. The number of hydrogen-bond donors (Lipinski definition) is 0. The zero-order valence-corrected chi connectivity index (χ0v) is 21.4. The highest BCUT2D eigenvalue weighted by molar-refractivity contribution is 6.19. The molecule has 0 atom stereocenters. The second-order valence-corrected chi connectivity index (χ2v) is 9.20. The smallest absolute Gasteiger partial charge is 0.341 e. The maximum Gasteiger partial charge on any atom is 0.341 e. The van der Waals surface area contributed by atoms with E-state index in [-0.39, 0.29) is 23.9 Å². The Bertz CT molecular complexity index is 1250. The third-order valence-electron chi connectivity index (χ3n) is 6.63. The van der Waals surface area contributed by atoms with Crippen molar-refractivity contribution in [3.8, 4) is 0 Å². The average molecular weight is 514 g/mol. The Kier molecular flexibility index (Phi) is 9.13. The maximum absolute atomic E-state index is 12.6. The molecule has 1 fully saturated rings. The molecule has 0 unspecified atom stereocenters. The van der Waals surface area contributed by atoms with Crippen LogP contribution in [0.1, 0.15) is 29.7 Å². The monoisotopic (exact) mass is 513 g/mol. The molecule has 0 N–H and O–H groups in total. The summed E-state index contributed by atoms with van der Waals surface area (Å²) in [6, 6.07) is 26.9. The fourth-order valence-electron chi connectivity index (χ4n) is 4.67. The molecule has 0 aromatic heterocycles. The van der Waals surface area contributed by atoms with Gasteiger partial charge in [-0.15, -0.1) is 0 Å². The highest BCUT2D eigenvalue weighted by Gasteiger charge is 2.26. The van der Waals surface area contributed by atoms with Crippen LogP contribution in [0.15, 0.2) is 90.5 Å². The number of rotatable bonds is 10. The highest BCUT2D eigenvalue weighted by Crippen LogP contribution is 2.29. The lowest BCUT2D eigenvalue weighted by atomic mass is 9.96. The van der Waals surface area contributed by atoms with E-state index in [2.05, 4.69) is 58.3 Å².